The summed E-state index contributed by atoms with van der Waals surface area (Å²) in [5.74, 6) is -0.210. The third kappa shape index (κ3) is 2.10. The van der Waals surface area contributed by atoms with Crippen molar-refractivity contribution < 1.29 is 9.53 Å². The van der Waals surface area contributed by atoms with Crippen LogP contribution in [0.4, 0.5) is 5.69 Å². The minimum atomic E-state index is -0.210. The number of hydrogen-bond donors (Lipinski definition) is 1. The van der Waals surface area contributed by atoms with E-state index in [1.54, 1.807) is 0 Å². The number of benzene rings is 1. The molecule has 0 amide bonds. The molecule has 1 aromatic carbocycles. The first-order valence-electron chi connectivity index (χ1n) is 4.37. The number of hydrogen-bond acceptors (Lipinski definition) is 4. The Morgan fingerprint density at radius 2 is 2.07 bits per heavy atom. The van der Waals surface area contributed by atoms with Crippen LogP contribution in [-0.4, -0.2) is 18.3 Å². The fourth-order valence-corrected chi connectivity index (χ4v) is 1.16. The van der Waals surface area contributed by atoms with Gasteiger partial charge in [-0.2, -0.15) is 5.10 Å². The van der Waals surface area contributed by atoms with Crippen molar-refractivity contribution in [3.8, 4) is 0 Å². The highest BCUT2D eigenvalue weighted by Gasteiger charge is 2.17. The molecular weight excluding hydrogens is 180 g/mol. The average Bonchev–Trinajstić information content (AvgIpc) is 2.63. The first-order chi connectivity index (χ1) is 6.84. The number of anilines is 1. The molecule has 72 valence electrons. The van der Waals surface area contributed by atoms with Crippen molar-refractivity contribution in [3.63, 3.8) is 0 Å². The Bertz CT molecular complexity index is 360. The van der Waals surface area contributed by atoms with Crippen molar-refractivity contribution >= 4 is 17.4 Å². The molecule has 1 saturated heterocycles. The van der Waals surface area contributed by atoms with Gasteiger partial charge >= 0.3 is 5.97 Å². The summed E-state index contributed by atoms with van der Waals surface area (Å²) in [6.45, 7) is 0.304. The summed E-state index contributed by atoms with van der Waals surface area (Å²) >= 11 is 0. The van der Waals surface area contributed by atoms with E-state index < -0.39 is 0 Å². The van der Waals surface area contributed by atoms with Crippen LogP contribution in [0, 0.1) is 0 Å². The number of nitrogens with zero attached hydrogens (tertiary/aromatic N) is 1. The number of ether oxygens (including phenoxy) is 1. The minimum absolute atomic E-state index is 0.210. The van der Waals surface area contributed by atoms with Crippen LogP contribution in [-0.2, 0) is 9.53 Å². The molecule has 0 saturated carbocycles. The van der Waals surface area contributed by atoms with Crippen LogP contribution in [0.5, 0.6) is 0 Å². The minimum Gasteiger partial charge on any atom is -0.459 e. The van der Waals surface area contributed by atoms with Crippen molar-refractivity contribution in [1.29, 1.82) is 0 Å². The van der Waals surface area contributed by atoms with Gasteiger partial charge in [0.25, 0.3) is 0 Å². The lowest BCUT2D eigenvalue weighted by Crippen LogP contribution is -2.00. The van der Waals surface area contributed by atoms with Gasteiger partial charge in [0, 0.05) is 0 Å². The van der Waals surface area contributed by atoms with Gasteiger partial charge in [-0.05, 0) is 12.1 Å². The SMILES string of the molecule is O=C1C/C(=N\Nc2ccccc2)CO1. The molecule has 0 unspecified atom stereocenters. The maximum atomic E-state index is 10.7. The zero-order valence-electron chi connectivity index (χ0n) is 7.56. The summed E-state index contributed by atoms with van der Waals surface area (Å²) in [7, 11) is 0. The van der Waals surface area contributed by atoms with E-state index in [0.717, 1.165) is 11.4 Å². The molecule has 4 nitrogen and oxygen atoms in total. The Balaban J connectivity index is 1.97. The van der Waals surface area contributed by atoms with Crippen LogP contribution in [0.15, 0.2) is 35.4 Å². The number of para-hydroxylation sites is 1. The number of carbonyl (C=O) groups is 1. The fourth-order valence-electron chi connectivity index (χ4n) is 1.16. The summed E-state index contributed by atoms with van der Waals surface area (Å²) in [6, 6.07) is 9.57. The topological polar surface area (TPSA) is 50.7 Å². The van der Waals surface area contributed by atoms with E-state index in [1.807, 2.05) is 30.3 Å². The highest BCUT2D eigenvalue weighted by atomic mass is 16.5. The van der Waals surface area contributed by atoms with Crippen LogP contribution >= 0.6 is 0 Å². The molecule has 1 aliphatic heterocycles. The number of rotatable bonds is 2. The fraction of sp³-hybridized carbons (Fsp3) is 0.200. The van der Waals surface area contributed by atoms with Crippen LogP contribution in [0.25, 0.3) is 0 Å². The van der Waals surface area contributed by atoms with E-state index in [0.29, 0.717) is 13.0 Å². The van der Waals surface area contributed by atoms with Gasteiger partial charge in [-0.15, -0.1) is 0 Å². The lowest BCUT2D eigenvalue weighted by atomic mass is 10.3. The zero-order chi connectivity index (χ0) is 9.80. The molecule has 0 bridgehead atoms. The van der Waals surface area contributed by atoms with E-state index in [4.69, 9.17) is 4.74 Å². The predicted molar refractivity (Wildman–Crippen MR) is 53.1 cm³/mol. The molecule has 0 aromatic heterocycles. The van der Waals surface area contributed by atoms with E-state index in [1.165, 1.54) is 0 Å². The van der Waals surface area contributed by atoms with Crippen LogP contribution in [0.1, 0.15) is 6.42 Å². The van der Waals surface area contributed by atoms with E-state index in [-0.39, 0.29) is 5.97 Å². The first kappa shape index (κ1) is 8.74. The second-order valence-corrected chi connectivity index (χ2v) is 2.99. The molecule has 4 heteroatoms. The molecule has 0 aliphatic carbocycles. The van der Waals surface area contributed by atoms with Gasteiger partial charge in [-0.1, -0.05) is 18.2 Å². The van der Waals surface area contributed by atoms with Gasteiger partial charge in [0.15, 0.2) is 0 Å². The predicted octanol–water partition coefficient (Wildman–Crippen LogP) is 1.40. The smallest absolute Gasteiger partial charge is 0.312 e. The Kier molecular flexibility index (Phi) is 2.44. The Hall–Kier alpha value is -1.84. The van der Waals surface area contributed by atoms with Gasteiger partial charge < -0.3 is 4.74 Å². The Morgan fingerprint density at radius 3 is 2.71 bits per heavy atom. The number of carbonyl (C=O) groups excluding carboxylic acids is 1. The normalized spacial score (nSPS) is 18.3. The molecule has 1 heterocycles. The molecule has 0 atom stereocenters. The molecule has 0 radical (unpaired) electrons. The van der Waals surface area contributed by atoms with Crippen LogP contribution in [0.2, 0.25) is 0 Å². The third-order valence-corrected chi connectivity index (χ3v) is 1.87. The summed E-state index contributed by atoms with van der Waals surface area (Å²) in [6.07, 6.45) is 0.292. The first-order valence-corrected chi connectivity index (χ1v) is 4.37. The molecule has 1 N–H and O–H groups in total. The molecule has 1 fully saturated rings. The lowest BCUT2D eigenvalue weighted by Gasteiger charge is -1.99. The maximum Gasteiger partial charge on any atom is 0.312 e. The van der Waals surface area contributed by atoms with E-state index in [2.05, 4.69) is 10.5 Å². The van der Waals surface area contributed by atoms with E-state index in [9.17, 15) is 4.79 Å². The summed E-state index contributed by atoms with van der Waals surface area (Å²) in [5, 5.41) is 4.06. The van der Waals surface area contributed by atoms with Gasteiger partial charge in [0.05, 0.1) is 17.8 Å². The van der Waals surface area contributed by atoms with Crippen molar-refractivity contribution in [2.45, 2.75) is 6.42 Å². The third-order valence-electron chi connectivity index (χ3n) is 1.87. The Morgan fingerprint density at radius 1 is 1.29 bits per heavy atom. The average molecular weight is 190 g/mol. The summed E-state index contributed by atoms with van der Waals surface area (Å²) in [5.41, 5.74) is 4.50. The van der Waals surface area contributed by atoms with Crippen molar-refractivity contribution in [2.24, 2.45) is 5.10 Å². The highest BCUT2D eigenvalue weighted by molar-refractivity contribution is 6.04. The second kappa shape index (κ2) is 3.91. The van der Waals surface area contributed by atoms with E-state index >= 15 is 0 Å². The molecule has 14 heavy (non-hydrogen) atoms. The molecule has 0 spiro atoms. The standard InChI is InChI=1S/C10H10N2O2/c13-10-6-9(7-14-10)12-11-8-4-2-1-3-5-8/h1-5,11H,6-7H2/b12-9+. The molecular formula is C10H10N2O2. The monoisotopic (exact) mass is 190 g/mol. The van der Waals surface area contributed by atoms with Crippen LogP contribution in [0.3, 0.4) is 0 Å². The summed E-state index contributed by atoms with van der Waals surface area (Å²) in [4.78, 5) is 10.7. The quantitative estimate of drug-likeness (QED) is 0.566. The van der Waals surface area contributed by atoms with Gasteiger partial charge in [0.1, 0.15) is 6.61 Å². The number of hydrazone groups is 1. The van der Waals surface area contributed by atoms with Gasteiger partial charge in [-0.3, -0.25) is 10.2 Å². The zero-order valence-corrected chi connectivity index (χ0v) is 7.56. The maximum absolute atomic E-state index is 10.7. The largest absolute Gasteiger partial charge is 0.459 e. The number of esters is 1. The summed E-state index contributed by atoms with van der Waals surface area (Å²) < 4.78 is 4.74. The molecule has 2 rings (SSSR count). The van der Waals surface area contributed by atoms with Crippen molar-refractivity contribution in [1.82, 2.24) is 0 Å². The van der Waals surface area contributed by atoms with Gasteiger partial charge in [0.2, 0.25) is 0 Å². The van der Waals surface area contributed by atoms with Crippen LogP contribution < -0.4 is 5.43 Å². The molecule has 1 aliphatic rings. The van der Waals surface area contributed by atoms with Crippen molar-refractivity contribution in [3.05, 3.63) is 30.3 Å². The Labute approximate surface area is 81.6 Å². The van der Waals surface area contributed by atoms with Crippen molar-refractivity contribution in [2.75, 3.05) is 12.0 Å². The highest BCUT2D eigenvalue weighted by Crippen LogP contribution is 2.07. The second-order valence-electron chi connectivity index (χ2n) is 2.99. The number of cyclic esters (lactones) is 1. The number of nitrogens with one attached hydrogen (secondary N) is 1. The lowest BCUT2D eigenvalue weighted by molar-refractivity contribution is -0.137. The van der Waals surface area contributed by atoms with Gasteiger partial charge in [-0.25, -0.2) is 0 Å². The molecule has 1 aromatic rings.